The standard InChI is InChI=1S/C12H18ClNO2/c1-9(7-15-2)16-8-11-4-3-10(6-14)5-12(11)13/h3-5,9H,6-8,14H2,1-2H3. The van der Waals surface area contributed by atoms with Crippen molar-refractivity contribution in [2.24, 2.45) is 5.73 Å². The number of halogens is 1. The van der Waals surface area contributed by atoms with Crippen LogP contribution in [0.4, 0.5) is 0 Å². The van der Waals surface area contributed by atoms with E-state index in [1.165, 1.54) is 0 Å². The molecular formula is C12H18ClNO2. The van der Waals surface area contributed by atoms with E-state index in [1.807, 2.05) is 25.1 Å². The Bertz CT molecular complexity index is 331. The van der Waals surface area contributed by atoms with Gasteiger partial charge in [0.1, 0.15) is 0 Å². The van der Waals surface area contributed by atoms with Gasteiger partial charge >= 0.3 is 0 Å². The van der Waals surface area contributed by atoms with Gasteiger partial charge in [-0.2, -0.15) is 0 Å². The number of hydrogen-bond acceptors (Lipinski definition) is 3. The van der Waals surface area contributed by atoms with Crippen molar-refractivity contribution >= 4 is 11.6 Å². The van der Waals surface area contributed by atoms with E-state index in [2.05, 4.69) is 0 Å². The Balaban J connectivity index is 2.54. The van der Waals surface area contributed by atoms with Crippen LogP contribution in [0.3, 0.4) is 0 Å². The summed E-state index contributed by atoms with van der Waals surface area (Å²) in [4.78, 5) is 0. The molecule has 3 nitrogen and oxygen atoms in total. The third-order valence-corrected chi connectivity index (χ3v) is 2.63. The molecule has 1 rings (SSSR count). The van der Waals surface area contributed by atoms with Crippen molar-refractivity contribution in [3.05, 3.63) is 34.3 Å². The molecule has 1 aromatic rings. The summed E-state index contributed by atoms with van der Waals surface area (Å²) in [5, 5.41) is 0.701. The predicted molar refractivity (Wildman–Crippen MR) is 65.5 cm³/mol. The minimum Gasteiger partial charge on any atom is -0.382 e. The van der Waals surface area contributed by atoms with Gasteiger partial charge in [-0.15, -0.1) is 0 Å². The van der Waals surface area contributed by atoms with Crippen LogP contribution in [-0.4, -0.2) is 19.8 Å². The minimum absolute atomic E-state index is 0.0650. The molecule has 0 fully saturated rings. The maximum atomic E-state index is 6.10. The molecule has 1 atom stereocenters. The second kappa shape index (κ2) is 6.86. The SMILES string of the molecule is COCC(C)OCc1ccc(CN)cc1Cl. The number of ether oxygens (including phenoxy) is 2. The van der Waals surface area contributed by atoms with Crippen molar-refractivity contribution in [1.82, 2.24) is 0 Å². The second-order valence-electron chi connectivity index (χ2n) is 3.71. The largest absolute Gasteiger partial charge is 0.382 e. The molecule has 0 aromatic heterocycles. The van der Waals surface area contributed by atoms with Gasteiger partial charge in [0, 0.05) is 18.7 Å². The van der Waals surface area contributed by atoms with Crippen molar-refractivity contribution in [1.29, 1.82) is 0 Å². The van der Waals surface area contributed by atoms with Gasteiger partial charge in [0.2, 0.25) is 0 Å². The molecule has 0 amide bonds. The van der Waals surface area contributed by atoms with E-state index < -0.39 is 0 Å². The number of nitrogens with two attached hydrogens (primary N) is 1. The maximum absolute atomic E-state index is 6.10. The van der Waals surface area contributed by atoms with Crippen LogP contribution in [0.5, 0.6) is 0 Å². The lowest BCUT2D eigenvalue weighted by Gasteiger charge is -2.13. The van der Waals surface area contributed by atoms with Gasteiger partial charge in [-0.3, -0.25) is 0 Å². The Labute approximate surface area is 101 Å². The first kappa shape index (κ1) is 13.5. The number of benzene rings is 1. The molecule has 0 heterocycles. The van der Waals surface area contributed by atoms with Crippen molar-refractivity contribution < 1.29 is 9.47 Å². The smallest absolute Gasteiger partial charge is 0.0784 e. The molecule has 90 valence electrons. The Morgan fingerprint density at radius 1 is 1.44 bits per heavy atom. The van der Waals surface area contributed by atoms with Gasteiger partial charge in [0.25, 0.3) is 0 Å². The summed E-state index contributed by atoms with van der Waals surface area (Å²) >= 11 is 6.10. The van der Waals surface area contributed by atoms with Crippen LogP contribution < -0.4 is 5.73 Å². The average molecular weight is 244 g/mol. The van der Waals surface area contributed by atoms with E-state index >= 15 is 0 Å². The summed E-state index contributed by atoms with van der Waals surface area (Å²) in [5.74, 6) is 0. The van der Waals surface area contributed by atoms with E-state index in [1.54, 1.807) is 7.11 Å². The molecule has 0 radical (unpaired) electrons. The molecule has 0 bridgehead atoms. The van der Waals surface area contributed by atoms with Crippen molar-refractivity contribution in [2.45, 2.75) is 26.2 Å². The van der Waals surface area contributed by atoms with E-state index in [4.69, 9.17) is 26.8 Å². The zero-order chi connectivity index (χ0) is 12.0. The predicted octanol–water partition coefficient (Wildman–Crippen LogP) is 2.35. The molecule has 2 N–H and O–H groups in total. The molecule has 0 aliphatic rings. The highest BCUT2D eigenvalue weighted by atomic mass is 35.5. The van der Waals surface area contributed by atoms with E-state index in [9.17, 15) is 0 Å². The summed E-state index contributed by atoms with van der Waals surface area (Å²) in [6.45, 7) is 3.54. The fourth-order valence-electron chi connectivity index (χ4n) is 1.35. The van der Waals surface area contributed by atoms with Crippen molar-refractivity contribution in [3.63, 3.8) is 0 Å². The minimum atomic E-state index is 0.0650. The Kier molecular flexibility index (Phi) is 5.77. The Morgan fingerprint density at radius 3 is 2.75 bits per heavy atom. The molecule has 1 unspecified atom stereocenters. The zero-order valence-electron chi connectivity index (χ0n) is 9.70. The Hall–Kier alpha value is -0.610. The normalized spacial score (nSPS) is 12.8. The van der Waals surface area contributed by atoms with Gasteiger partial charge in [0.15, 0.2) is 0 Å². The van der Waals surface area contributed by atoms with Crippen LogP contribution >= 0.6 is 11.6 Å². The average Bonchev–Trinajstić information content (AvgIpc) is 2.27. The lowest BCUT2D eigenvalue weighted by molar-refractivity contribution is -0.0000985. The maximum Gasteiger partial charge on any atom is 0.0784 e. The summed E-state index contributed by atoms with van der Waals surface area (Å²) in [7, 11) is 1.66. The summed E-state index contributed by atoms with van der Waals surface area (Å²) < 4.78 is 10.6. The summed E-state index contributed by atoms with van der Waals surface area (Å²) in [5.41, 5.74) is 7.52. The van der Waals surface area contributed by atoms with E-state index in [-0.39, 0.29) is 6.10 Å². The first-order valence-corrected chi connectivity index (χ1v) is 5.63. The molecule has 0 saturated carbocycles. The highest BCUT2D eigenvalue weighted by molar-refractivity contribution is 6.31. The highest BCUT2D eigenvalue weighted by Gasteiger charge is 2.05. The summed E-state index contributed by atoms with van der Waals surface area (Å²) in [6, 6.07) is 5.79. The van der Waals surface area contributed by atoms with Crippen molar-refractivity contribution in [2.75, 3.05) is 13.7 Å². The number of methoxy groups -OCH3 is 1. The topological polar surface area (TPSA) is 44.5 Å². The monoisotopic (exact) mass is 243 g/mol. The van der Waals surface area contributed by atoms with Gasteiger partial charge in [-0.1, -0.05) is 23.7 Å². The van der Waals surface area contributed by atoms with Crippen LogP contribution in [-0.2, 0) is 22.6 Å². The molecular weight excluding hydrogens is 226 g/mol. The summed E-state index contributed by atoms with van der Waals surface area (Å²) in [6.07, 6.45) is 0.0650. The molecule has 0 saturated heterocycles. The fraction of sp³-hybridized carbons (Fsp3) is 0.500. The lowest BCUT2D eigenvalue weighted by Crippen LogP contribution is -2.14. The van der Waals surface area contributed by atoms with Gasteiger partial charge in [-0.05, 0) is 24.1 Å². The zero-order valence-corrected chi connectivity index (χ0v) is 10.5. The molecule has 1 aromatic carbocycles. The van der Waals surface area contributed by atoms with Crippen molar-refractivity contribution in [3.8, 4) is 0 Å². The van der Waals surface area contributed by atoms with Crippen LogP contribution in [0.1, 0.15) is 18.1 Å². The van der Waals surface area contributed by atoms with Crippen LogP contribution in [0.25, 0.3) is 0 Å². The fourth-order valence-corrected chi connectivity index (χ4v) is 1.61. The van der Waals surface area contributed by atoms with Gasteiger partial charge in [-0.25, -0.2) is 0 Å². The quantitative estimate of drug-likeness (QED) is 0.834. The van der Waals surface area contributed by atoms with Crippen LogP contribution in [0.15, 0.2) is 18.2 Å². The first-order chi connectivity index (χ1) is 7.67. The number of rotatable bonds is 6. The third-order valence-electron chi connectivity index (χ3n) is 2.28. The lowest BCUT2D eigenvalue weighted by atomic mass is 10.1. The van der Waals surface area contributed by atoms with Crippen LogP contribution in [0, 0.1) is 0 Å². The van der Waals surface area contributed by atoms with E-state index in [0.717, 1.165) is 11.1 Å². The molecule has 0 aliphatic carbocycles. The Morgan fingerprint density at radius 2 is 2.19 bits per heavy atom. The van der Waals surface area contributed by atoms with Gasteiger partial charge < -0.3 is 15.2 Å². The highest BCUT2D eigenvalue weighted by Crippen LogP contribution is 2.19. The van der Waals surface area contributed by atoms with Crippen LogP contribution in [0.2, 0.25) is 5.02 Å². The molecule has 16 heavy (non-hydrogen) atoms. The first-order valence-electron chi connectivity index (χ1n) is 5.25. The molecule has 0 aliphatic heterocycles. The molecule has 0 spiro atoms. The second-order valence-corrected chi connectivity index (χ2v) is 4.11. The van der Waals surface area contributed by atoms with Gasteiger partial charge in [0.05, 0.1) is 19.3 Å². The number of hydrogen-bond donors (Lipinski definition) is 1. The van der Waals surface area contributed by atoms with E-state index in [0.29, 0.717) is 24.8 Å². The third kappa shape index (κ3) is 4.10. The molecule has 4 heteroatoms.